The second-order valence-corrected chi connectivity index (χ2v) is 5.73. The van der Waals surface area contributed by atoms with E-state index in [4.69, 9.17) is 5.73 Å². The molecular formula is C15H31N. The van der Waals surface area contributed by atoms with Crippen molar-refractivity contribution in [1.82, 2.24) is 0 Å². The van der Waals surface area contributed by atoms with Gasteiger partial charge in [-0.1, -0.05) is 58.8 Å². The topological polar surface area (TPSA) is 26.0 Å². The molecule has 0 aromatic heterocycles. The van der Waals surface area contributed by atoms with E-state index in [0.29, 0.717) is 6.04 Å². The lowest BCUT2D eigenvalue weighted by Crippen LogP contribution is -2.33. The lowest BCUT2D eigenvalue weighted by Gasteiger charge is -2.32. The van der Waals surface area contributed by atoms with Gasteiger partial charge in [0, 0.05) is 6.04 Å². The molecule has 0 radical (unpaired) electrons. The van der Waals surface area contributed by atoms with Crippen molar-refractivity contribution < 1.29 is 0 Å². The number of hydrogen-bond donors (Lipinski definition) is 1. The first-order valence-electron chi connectivity index (χ1n) is 7.53. The summed E-state index contributed by atoms with van der Waals surface area (Å²) in [5.74, 6) is 1.86. The fraction of sp³-hybridized carbons (Fsp3) is 1.00. The summed E-state index contributed by atoms with van der Waals surface area (Å²) in [6.07, 6.45) is 13.8. The van der Waals surface area contributed by atoms with E-state index in [9.17, 15) is 0 Å². The fourth-order valence-corrected chi connectivity index (χ4v) is 3.18. The second kappa shape index (κ2) is 8.11. The van der Waals surface area contributed by atoms with Crippen LogP contribution >= 0.6 is 0 Å². The first kappa shape index (κ1) is 14.0. The number of unbranched alkanes of at least 4 members (excludes halogenated alkanes) is 2. The molecule has 16 heavy (non-hydrogen) atoms. The molecule has 0 aromatic carbocycles. The monoisotopic (exact) mass is 225 g/mol. The summed E-state index contributed by atoms with van der Waals surface area (Å²) >= 11 is 0. The zero-order valence-corrected chi connectivity index (χ0v) is 11.4. The smallest absolute Gasteiger partial charge is 0.00671 e. The predicted octanol–water partition coefficient (Wildman–Crippen LogP) is 4.50. The third-order valence-corrected chi connectivity index (χ3v) is 4.33. The van der Waals surface area contributed by atoms with Gasteiger partial charge in [0.2, 0.25) is 0 Å². The Hall–Kier alpha value is -0.0400. The van der Waals surface area contributed by atoms with Crippen molar-refractivity contribution in [3.8, 4) is 0 Å². The van der Waals surface area contributed by atoms with Crippen LogP contribution in [-0.2, 0) is 0 Å². The lowest BCUT2D eigenvalue weighted by molar-refractivity contribution is 0.226. The minimum absolute atomic E-state index is 0.495. The van der Waals surface area contributed by atoms with Crippen molar-refractivity contribution >= 4 is 0 Å². The Bertz CT molecular complexity index is 159. The van der Waals surface area contributed by atoms with Crippen LogP contribution in [0.1, 0.15) is 78.1 Å². The summed E-state index contributed by atoms with van der Waals surface area (Å²) in [6, 6.07) is 0.495. The van der Waals surface area contributed by atoms with Crippen LogP contribution < -0.4 is 5.73 Å². The van der Waals surface area contributed by atoms with Gasteiger partial charge in [-0.05, 0) is 31.1 Å². The molecule has 0 amide bonds. The molecular weight excluding hydrogens is 194 g/mol. The fourth-order valence-electron chi connectivity index (χ4n) is 3.18. The van der Waals surface area contributed by atoms with E-state index >= 15 is 0 Å². The summed E-state index contributed by atoms with van der Waals surface area (Å²) < 4.78 is 0. The molecule has 1 rings (SSSR count). The van der Waals surface area contributed by atoms with Crippen LogP contribution in [0.5, 0.6) is 0 Å². The molecule has 1 fully saturated rings. The zero-order chi connectivity index (χ0) is 11.8. The number of rotatable bonds is 7. The first-order chi connectivity index (χ1) is 7.77. The van der Waals surface area contributed by atoms with Crippen LogP contribution in [0.15, 0.2) is 0 Å². The highest BCUT2D eigenvalue weighted by atomic mass is 14.6. The largest absolute Gasteiger partial charge is 0.327 e. The Morgan fingerprint density at radius 1 is 1.00 bits per heavy atom. The van der Waals surface area contributed by atoms with Crippen LogP contribution in [0.2, 0.25) is 0 Å². The Kier molecular flexibility index (Phi) is 7.11. The normalized spacial score (nSPS) is 27.9. The van der Waals surface area contributed by atoms with Gasteiger partial charge in [-0.15, -0.1) is 0 Å². The summed E-state index contributed by atoms with van der Waals surface area (Å²) in [5.41, 5.74) is 6.31. The van der Waals surface area contributed by atoms with Crippen molar-refractivity contribution in [3.63, 3.8) is 0 Å². The summed E-state index contributed by atoms with van der Waals surface area (Å²) in [6.45, 7) is 4.57. The van der Waals surface area contributed by atoms with E-state index < -0.39 is 0 Å². The van der Waals surface area contributed by atoms with Crippen molar-refractivity contribution in [2.24, 2.45) is 17.6 Å². The van der Waals surface area contributed by atoms with Gasteiger partial charge in [-0.25, -0.2) is 0 Å². The maximum atomic E-state index is 6.31. The van der Waals surface area contributed by atoms with E-state index in [2.05, 4.69) is 13.8 Å². The molecule has 0 spiro atoms. The molecule has 1 aliphatic rings. The van der Waals surface area contributed by atoms with Crippen LogP contribution in [0.25, 0.3) is 0 Å². The van der Waals surface area contributed by atoms with Gasteiger partial charge >= 0.3 is 0 Å². The van der Waals surface area contributed by atoms with Gasteiger partial charge in [0.1, 0.15) is 0 Å². The van der Waals surface area contributed by atoms with Crippen molar-refractivity contribution in [1.29, 1.82) is 0 Å². The van der Waals surface area contributed by atoms with Gasteiger partial charge in [0.25, 0.3) is 0 Å². The van der Waals surface area contributed by atoms with E-state index in [0.717, 1.165) is 11.8 Å². The molecule has 1 aliphatic carbocycles. The highest BCUT2D eigenvalue weighted by molar-refractivity contribution is 4.79. The molecule has 1 unspecified atom stereocenters. The summed E-state index contributed by atoms with van der Waals surface area (Å²) in [5, 5.41) is 0. The second-order valence-electron chi connectivity index (χ2n) is 5.73. The molecule has 1 atom stereocenters. The van der Waals surface area contributed by atoms with E-state index in [1.54, 1.807) is 0 Å². The van der Waals surface area contributed by atoms with E-state index in [1.165, 1.54) is 64.2 Å². The molecule has 0 saturated heterocycles. The summed E-state index contributed by atoms with van der Waals surface area (Å²) in [4.78, 5) is 0. The molecule has 96 valence electrons. The quantitative estimate of drug-likeness (QED) is 0.634. The molecule has 1 saturated carbocycles. The van der Waals surface area contributed by atoms with E-state index in [-0.39, 0.29) is 0 Å². The maximum absolute atomic E-state index is 6.31. The molecule has 0 heterocycles. The van der Waals surface area contributed by atoms with Crippen molar-refractivity contribution in [3.05, 3.63) is 0 Å². The Balaban J connectivity index is 2.14. The molecule has 1 heteroatoms. The Morgan fingerprint density at radius 3 is 2.25 bits per heavy atom. The van der Waals surface area contributed by atoms with E-state index in [1.807, 2.05) is 0 Å². The van der Waals surface area contributed by atoms with Crippen LogP contribution in [0, 0.1) is 11.8 Å². The van der Waals surface area contributed by atoms with Gasteiger partial charge in [-0.3, -0.25) is 0 Å². The highest BCUT2D eigenvalue weighted by Gasteiger charge is 2.24. The first-order valence-corrected chi connectivity index (χ1v) is 7.53. The van der Waals surface area contributed by atoms with Gasteiger partial charge in [0.15, 0.2) is 0 Å². The Labute approximate surface area is 102 Å². The van der Waals surface area contributed by atoms with Crippen LogP contribution in [-0.4, -0.2) is 6.04 Å². The number of nitrogens with two attached hydrogens (primary N) is 1. The molecule has 0 aromatic rings. The highest BCUT2D eigenvalue weighted by Crippen LogP contribution is 2.33. The number of hydrogen-bond acceptors (Lipinski definition) is 1. The standard InChI is InChI=1S/C15H31N/c1-3-5-6-8-15(16)14-11-9-13(7-4-2)10-12-14/h13-15H,3-12,16H2,1-2H3. The Morgan fingerprint density at radius 2 is 1.69 bits per heavy atom. The molecule has 0 aliphatic heterocycles. The average molecular weight is 225 g/mol. The van der Waals surface area contributed by atoms with Crippen molar-refractivity contribution in [2.75, 3.05) is 0 Å². The average Bonchev–Trinajstić information content (AvgIpc) is 2.30. The lowest BCUT2D eigenvalue weighted by atomic mass is 9.76. The van der Waals surface area contributed by atoms with Crippen molar-refractivity contribution in [2.45, 2.75) is 84.1 Å². The predicted molar refractivity (Wildman–Crippen MR) is 72.5 cm³/mol. The van der Waals surface area contributed by atoms with Crippen LogP contribution in [0.3, 0.4) is 0 Å². The molecule has 2 N–H and O–H groups in total. The zero-order valence-electron chi connectivity index (χ0n) is 11.4. The maximum Gasteiger partial charge on any atom is 0.00671 e. The summed E-state index contributed by atoms with van der Waals surface area (Å²) in [7, 11) is 0. The van der Waals surface area contributed by atoms with Crippen LogP contribution in [0.4, 0.5) is 0 Å². The minimum atomic E-state index is 0.495. The van der Waals surface area contributed by atoms with Gasteiger partial charge in [-0.2, -0.15) is 0 Å². The SMILES string of the molecule is CCCCCC(N)C1CCC(CCC)CC1. The molecule has 1 nitrogen and oxygen atoms in total. The van der Waals surface area contributed by atoms with Gasteiger partial charge in [0.05, 0.1) is 0 Å². The third-order valence-electron chi connectivity index (χ3n) is 4.33. The molecule has 0 bridgehead atoms. The van der Waals surface area contributed by atoms with Gasteiger partial charge < -0.3 is 5.73 Å². The minimum Gasteiger partial charge on any atom is -0.327 e. The third kappa shape index (κ3) is 4.86.